The van der Waals surface area contributed by atoms with Gasteiger partial charge in [0, 0.05) is 6.42 Å². The maximum Gasteiger partial charge on any atom is 0.0927 e. The Hall–Kier alpha value is -1.28. The van der Waals surface area contributed by atoms with Crippen molar-refractivity contribution in [1.29, 1.82) is 0 Å². The van der Waals surface area contributed by atoms with Crippen LogP contribution in [0.3, 0.4) is 0 Å². The SMILES string of the molecule is C=C(Cc1ccc(CO)cc1)OC. The molecule has 0 fully saturated rings. The standard InChI is InChI=1S/C11H14O2/c1-9(13-2)7-10-3-5-11(8-12)6-4-10/h3-6,12H,1,7-8H2,2H3. The van der Waals surface area contributed by atoms with Gasteiger partial charge in [-0.1, -0.05) is 30.8 Å². The van der Waals surface area contributed by atoms with Gasteiger partial charge in [0.05, 0.1) is 19.5 Å². The van der Waals surface area contributed by atoms with E-state index in [1.165, 1.54) is 0 Å². The molecule has 0 radical (unpaired) electrons. The molecule has 1 aromatic carbocycles. The van der Waals surface area contributed by atoms with E-state index in [1.807, 2.05) is 24.3 Å². The molecular formula is C11H14O2. The lowest BCUT2D eigenvalue weighted by Crippen LogP contribution is -1.91. The van der Waals surface area contributed by atoms with Crippen LogP contribution in [0.5, 0.6) is 0 Å². The van der Waals surface area contributed by atoms with E-state index in [9.17, 15) is 0 Å². The number of methoxy groups -OCH3 is 1. The fourth-order valence-corrected chi connectivity index (χ4v) is 1.06. The van der Waals surface area contributed by atoms with Gasteiger partial charge in [0.15, 0.2) is 0 Å². The summed E-state index contributed by atoms with van der Waals surface area (Å²) in [5.41, 5.74) is 2.07. The van der Waals surface area contributed by atoms with E-state index in [4.69, 9.17) is 9.84 Å². The van der Waals surface area contributed by atoms with Gasteiger partial charge in [-0.25, -0.2) is 0 Å². The maximum absolute atomic E-state index is 8.81. The first-order chi connectivity index (χ1) is 6.26. The van der Waals surface area contributed by atoms with Crippen LogP contribution in [0.25, 0.3) is 0 Å². The zero-order valence-corrected chi connectivity index (χ0v) is 7.79. The zero-order chi connectivity index (χ0) is 9.68. The van der Waals surface area contributed by atoms with E-state index < -0.39 is 0 Å². The fourth-order valence-electron chi connectivity index (χ4n) is 1.06. The van der Waals surface area contributed by atoms with Gasteiger partial charge in [-0.3, -0.25) is 0 Å². The molecule has 0 unspecified atom stereocenters. The van der Waals surface area contributed by atoms with E-state index in [2.05, 4.69) is 6.58 Å². The van der Waals surface area contributed by atoms with Crippen molar-refractivity contribution in [2.75, 3.05) is 7.11 Å². The second kappa shape index (κ2) is 4.67. The normalized spacial score (nSPS) is 9.69. The van der Waals surface area contributed by atoms with E-state index in [-0.39, 0.29) is 6.61 Å². The minimum atomic E-state index is 0.0888. The fraction of sp³-hybridized carbons (Fsp3) is 0.273. The van der Waals surface area contributed by atoms with Crippen LogP contribution in [-0.4, -0.2) is 12.2 Å². The lowest BCUT2D eigenvalue weighted by Gasteiger charge is -2.04. The van der Waals surface area contributed by atoms with Crippen LogP contribution in [0.15, 0.2) is 36.6 Å². The highest BCUT2D eigenvalue weighted by molar-refractivity contribution is 5.24. The monoisotopic (exact) mass is 178 g/mol. The molecule has 0 aromatic heterocycles. The molecule has 2 nitrogen and oxygen atoms in total. The summed E-state index contributed by atoms with van der Waals surface area (Å²) in [6.45, 7) is 3.83. The minimum Gasteiger partial charge on any atom is -0.501 e. The van der Waals surface area contributed by atoms with Gasteiger partial charge in [0.2, 0.25) is 0 Å². The third kappa shape index (κ3) is 2.92. The number of aliphatic hydroxyl groups is 1. The van der Waals surface area contributed by atoms with Crippen LogP contribution in [-0.2, 0) is 17.8 Å². The topological polar surface area (TPSA) is 29.5 Å². The van der Waals surface area contributed by atoms with Gasteiger partial charge in [-0.15, -0.1) is 0 Å². The number of benzene rings is 1. The predicted octanol–water partition coefficient (Wildman–Crippen LogP) is 1.88. The molecule has 0 amide bonds. The molecule has 1 rings (SSSR count). The molecule has 0 aliphatic carbocycles. The molecule has 0 aliphatic rings. The Balaban J connectivity index is 2.64. The van der Waals surface area contributed by atoms with Crippen molar-refractivity contribution in [1.82, 2.24) is 0 Å². The summed E-state index contributed by atoms with van der Waals surface area (Å²) in [6, 6.07) is 7.74. The number of aliphatic hydroxyl groups excluding tert-OH is 1. The Kier molecular flexibility index (Phi) is 3.53. The Bertz CT molecular complexity index is 275. The summed E-state index contributed by atoms with van der Waals surface area (Å²) in [5, 5.41) is 8.81. The highest BCUT2D eigenvalue weighted by Gasteiger charge is 1.96. The van der Waals surface area contributed by atoms with Crippen molar-refractivity contribution in [3.05, 3.63) is 47.7 Å². The molecule has 2 heteroatoms. The summed E-state index contributed by atoms with van der Waals surface area (Å²) in [6.07, 6.45) is 0.724. The summed E-state index contributed by atoms with van der Waals surface area (Å²) < 4.78 is 4.97. The second-order valence-corrected chi connectivity index (χ2v) is 2.89. The van der Waals surface area contributed by atoms with Gasteiger partial charge >= 0.3 is 0 Å². The number of allylic oxidation sites excluding steroid dienone is 1. The Morgan fingerprint density at radius 1 is 1.31 bits per heavy atom. The molecular weight excluding hydrogens is 164 g/mol. The van der Waals surface area contributed by atoms with Crippen molar-refractivity contribution in [2.24, 2.45) is 0 Å². The third-order valence-corrected chi connectivity index (χ3v) is 1.90. The lowest BCUT2D eigenvalue weighted by atomic mass is 10.1. The summed E-state index contributed by atoms with van der Waals surface area (Å²) in [7, 11) is 1.62. The van der Waals surface area contributed by atoms with Crippen LogP contribution in [0.2, 0.25) is 0 Å². The van der Waals surface area contributed by atoms with E-state index in [1.54, 1.807) is 7.11 Å². The number of ether oxygens (including phenoxy) is 1. The number of hydrogen-bond acceptors (Lipinski definition) is 2. The highest BCUT2D eigenvalue weighted by Crippen LogP contribution is 2.08. The van der Waals surface area contributed by atoms with E-state index in [0.717, 1.165) is 23.3 Å². The molecule has 0 saturated carbocycles. The molecule has 0 heterocycles. The van der Waals surface area contributed by atoms with Crippen molar-refractivity contribution in [3.8, 4) is 0 Å². The number of hydrogen-bond donors (Lipinski definition) is 1. The minimum absolute atomic E-state index is 0.0888. The largest absolute Gasteiger partial charge is 0.501 e. The first-order valence-corrected chi connectivity index (χ1v) is 4.16. The predicted molar refractivity (Wildman–Crippen MR) is 52.2 cm³/mol. The van der Waals surface area contributed by atoms with Crippen molar-refractivity contribution in [2.45, 2.75) is 13.0 Å². The first kappa shape index (κ1) is 9.81. The summed E-state index contributed by atoms with van der Waals surface area (Å²) in [4.78, 5) is 0. The molecule has 0 saturated heterocycles. The van der Waals surface area contributed by atoms with E-state index in [0.29, 0.717) is 0 Å². The molecule has 0 bridgehead atoms. The maximum atomic E-state index is 8.81. The van der Waals surface area contributed by atoms with Crippen LogP contribution in [0, 0.1) is 0 Å². The van der Waals surface area contributed by atoms with Crippen LogP contribution in [0.4, 0.5) is 0 Å². The molecule has 0 aliphatic heterocycles. The average Bonchev–Trinajstić information content (AvgIpc) is 2.19. The molecule has 0 atom stereocenters. The zero-order valence-electron chi connectivity index (χ0n) is 7.79. The lowest BCUT2D eigenvalue weighted by molar-refractivity contribution is 0.281. The van der Waals surface area contributed by atoms with E-state index >= 15 is 0 Å². The van der Waals surface area contributed by atoms with Crippen molar-refractivity contribution >= 4 is 0 Å². The van der Waals surface area contributed by atoms with Crippen LogP contribution in [0.1, 0.15) is 11.1 Å². The molecule has 1 N–H and O–H groups in total. The summed E-state index contributed by atoms with van der Waals surface area (Å²) >= 11 is 0. The Morgan fingerprint density at radius 3 is 2.31 bits per heavy atom. The summed E-state index contributed by atoms with van der Waals surface area (Å²) in [5.74, 6) is 0.747. The second-order valence-electron chi connectivity index (χ2n) is 2.89. The molecule has 1 aromatic rings. The molecule has 13 heavy (non-hydrogen) atoms. The molecule has 70 valence electrons. The smallest absolute Gasteiger partial charge is 0.0927 e. The third-order valence-electron chi connectivity index (χ3n) is 1.90. The Morgan fingerprint density at radius 2 is 1.85 bits per heavy atom. The van der Waals surface area contributed by atoms with Gasteiger partial charge in [0.25, 0.3) is 0 Å². The highest BCUT2D eigenvalue weighted by atomic mass is 16.5. The van der Waals surface area contributed by atoms with Gasteiger partial charge in [-0.2, -0.15) is 0 Å². The van der Waals surface area contributed by atoms with Crippen molar-refractivity contribution < 1.29 is 9.84 Å². The average molecular weight is 178 g/mol. The van der Waals surface area contributed by atoms with Gasteiger partial charge in [-0.05, 0) is 11.1 Å². The van der Waals surface area contributed by atoms with Crippen molar-refractivity contribution in [3.63, 3.8) is 0 Å². The number of rotatable bonds is 4. The quantitative estimate of drug-likeness (QED) is 0.713. The van der Waals surface area contributed by atoms with Gasteiger partial charge < -0.3 is 9.84 Å². The Labute approximate surface area is 78.5 Å². The van der Waals surface area contributed by atoms with Gasteiger partial charge in [0.1, 0.15) is 0 Å². The van der Waals surface area contributed by atoms with Crippen LogP contribution < -0.4 is 0 Å². The molecule has 0 spiro atoms. The first-order valence-electron chi connectivity index (χ1n) is 4.16. The van der Waals surface area contributed by atoms with Crippen LogP contribution >= 0.6 is 0 Å².